The molecule has 1 aromatic carbocycles. The van der Waals surface area contributed by atoms with Crippen molar-refractivity contribution in [2.75, 3.05) is 7.11 Å². The largest absolute Gasteiger partial charge is 0.497 e. The van der Waals surface area contributed by atoms with E-state index in [4.69, 9.17) is 9.26 Å². The van der Waals surface area contributed by atoms with Gasteiger partial charge in [-0.3, -0.25) is 4.79 Å². The lowest BCUT2D eigenvalue weighted by atomic mass is 10.1. The van der Waals surface area contributed by atoms with E-state index in [0.717, 1.165) is 16.2 Å². The number of benzene rings is 1. The fourth-order valence-corrected chi connectivity index (χ4v) is 2.81. The van der Waals surface area contributed by atoms with Crippen molar-refractivity contribution in [2.24, 2.45) is 0 Å². The van der Waals surface area contributed by atoms with Gasteiger partial charge in [0.2, 0.25) is 5.91 Å². The minimum absolute atomic E-state index is 0.0264. The molecule has 0 saturated carbocycles. The highest BCUT2D eigenvalue weighted by Gasteiger charge is 2.09. The molecule has 0 saturated heterocycles. The number of methoxy groups -OCH3 is 1. The standard InChI is InChI=1S/C17H16N2O3S/c1-21-14-6-4-12(5-7-14)16-9-13(19-22-16)11-18-17(20)10-15-3-2-8-23-15/h2-9H,10-11H2,1H3,(H,18,20). The average Bonchev–Trinajstić information content (AvgIpc) is 3.25. The average molecular weight is 328 g/mol. The second kappa shape index (κ2) is 7.11. The molecular weight excluding hydrogens is 312 g/mol. The van der Waals surface area contributed by atoms with Crippen molar-refractivity contribution in [1.82, 2.24) is 10.5 Å². The summed E-state index contributed by atoms with van der Waals surface area (Å²) in [5, 5.41) is 8.79. The van der Waals surface area contributed by atoms with E-state index in [1.165, 1.54) is 0 Å². The van der Waals surface area contributed by atoms with E-state index in [1.54, 1.807) is 18.4 Å². The summed E-state index contributed by atoms with van der Waals surface area (Å²) in [6.07, 6.45) is 0.390. The number of hydrogen-bond acceptors (Lipinski definition) is 5. The smallest absolute Gasteiger partial charge is 0.225 e. The molecule has 0 aliphatic heterocycles. The highest BCUT2D eigenvalue weighted by atomic mass is 32.1. The SMILES string of the molecule is COc1ccc(-c2cc(CNC(=O)Cc3cccs3)no2)cc1. The maximum atomic E-state index is 11.9. The maximum absolute atomic E-state index is 11.9. The van der Waals surface area contributed by atoms with Crippen molar-refractivity contribution in [1.29, 1.82) is 0 Å². The summed E-state index contributed by atoms with van der Waals surface area (Å²) in [5.41, 5.74) is 1.60. The van der Waals surface area contributed by atoms with Crippen molar-refractivity contribution in [2.45, 2.75) is 13.0 Å². The van der Waals surface area contributed by atoms with Crippen LogP contribution < -0.4 is 10.1 Å². The topological polar surface area (TPSA) is 64.4 Å². The molecule has 3 aromatic rings. The second-order valence-corrected chi connectivity index (χ2v) is 5.98. The molecule has 0 aliphatic carbocycles. The highest BCUT2D eigenvalue weighted by molar-refractivity contribution is 7.10. The van der Waals surface area contributed by atoms with E-state index in [1.807, 2.05) is 47.8 Å². The Morgan fingerprint density at radius 3 is 2.83 bits per heavy atom. The molecule has 1 N–H and O–H groups in total. The van der Waals surface area contributed by atoms with Crippen LogP contribution in [0.1, 0.15) is 10.6 Å². The number of carbonyl (C=O) groups is 1. The molecule has 0 aliphatic rings. The van der Waals surface area contributed by atoms with Crippen molar-refractivity contribution in [3.8, 4) is 17.1 Å². The number of thiophene rings is 1. The van der Waals surface area contributed by atoms with Gasteiger partial charge in [0.05, 0.1) is 20.1 Å². The molecule has 23 heavy (non-hydrogen) atoms. The molecule has 6 heteroatoms. The monoisotopic (exact) mass is 328 g/mol. The predicted molar refractivity (Wildman–Crippen MR) is 88.4 cm³/mol. The number of nitrogens with one attached hydrogen (secondary N) is 1. The Morgan fingerprint density at radius 1 is 1.30 bits per heavy atom. The lowest BCUT2D eigenvalue weighted by Crippen LogP contribution is -2.24. The maximum Gasteiger partial charge on any atom is 0.225 e. The third-order valence-electron chi connectivity index (χ3n) is 3.32. The van der Waals surface area contributed by atoms with Gasteiger partial charge in [-0.1, -0.05) is 11.2 Å². The van der Waals surface area contributed by atoms with Gasteiger partial charge < -0.3 is 14.6 Å². The van der Waals surface area contributed by atoms with Crippen molar-refractivity contribution in [3.05, 3.63) is 58.4 Å². The molecule has 0 atom stereocenters. The van der Waals surface area contributed by atoms with Gasteiger partial charge in [-0.15, -0.1) is 11.3 Å². The zero-order chi connectivity index (χ0) is 16.1. The predicted octanol–water partition coefficient (Wildman–Crippen LogP) is 3.27. The van der Waals surface area contributed by atoms with Crippen molar-refractivity contribution in [3.63, 3.8) is 0 Å². The molecule has 0 unspecified atom stereocenters. The van der Waals surface area contributed by atoms with Gasteiger partial charge >= 0.3 is 0 Å². The van der Waals surface area contributed by atoms with Crippen LogP contribution in [0.15, 0.2) is 52.4 Å². The summed E-state index contributed by atoms with van der Waals surface area (Å²) in [5.74, 6) is 1.42. The first kappa shape index (κ1) is 15.3. The number of aromatic nitrogens is 1. The van der Waals surface area contributed by atoms with E-state index in [9.17, 15) is 4.79 Å². The second-order valence-electron chi connectivity index (χ2n) is 4.94. The normalized spacial score (nSPS) is 10.5. The van der Waals surface area contributed by atoms with Gasteiger partial charge in [-0.2, -0.15) is 0 Å². The van der Waals surface area contributed by atoms with Crippen LogP contribution in [0, 0.1) is 0 Å². The molecule has 118 valence electrons. The fourth-order valence-electron chi connectivity index (χ4n) is 2.11. The minimum Gasteiger partial charge on any atom is -0.497 e. The summed E-state index contributed by atoms with van der Waals surface area (Å²) in [6, 6.07) is 13.2. The Morgan fingerprint density at radius 2 is 2.13 bits per heavy atom. The summed E-state index contributed by atoms with van der Waals surface area (Å²) in [7, 11) is 1.63. The van der Waals surface area contributed by atoms with E-state index < -0.39 is 0 Å². The molecule has 3 rings (SSSR count). The van der Waals surface area contributed by atoms with Gasteiger partial charge in [-0.05, 0) is 35.7 Å². The minimum atomic E-state index is -0.0264. The molecule has 5 nitrogen and oxygen atoms in total. The van der Waals surface area contributed by atoms with Crippen molar-refractivity contribution >= 4 is 17.2 Å². The zero-order valence-corrected chi connectivity index (χ0v) is 13.4. The molecule has 0 fully saturated rings. The lowest BCUT2D eigenvalue weighted by Gasteiger charge is -2.00. The first-order chi connectivity index (χ1) is 11.2. The van der Waals surface area contributed by atoms with Gasteiger partial charge in [-0.25, -0.2) is 0 Å². The van der Waals surface area contributed by atoms with E-state index in [0.29, 0.717) is 24.4 Å². The van der Waals surface area contributed by atoms with E-state index >= 15 is 0 Å². The van der Waals surface area contributed by atoms with Crippen LogP contribution in [0.25, 0.3) is 11.3 Å². The summed E-state index contributed by atoms with van der Waals surface area (Å²) in [4.78, 5) is 12.9. The Bertz CT molecular complexity index is 764. The highest BCUT2D eigenvalue weighted by Crippen LogP contribution is 2.23. The Balaban J connectivity index is 1.57. The number of amides is 1. The molecule has 1 amide bonds. The Kier molecular flexibility index (Phi) is 4.73. The quantitative estimate of drug-likeness (QED) is 0.754. The van der Waals surface area contributed by atoms with Crippen LogP contribution in [0.5, 0.6) is 5.75 Å². The molecular formula is C17H16N2O3S. The lowest BCUT2D eigenvalue weighted by molar-refractivity contribution is -0.120. The fraction of sp³-hybridized carbons (Fsp3) is 0.176. The van der Waals surface area contributed by atoms with Crippen LogP contribution in [0.2, 0.25) is 0 Å². The van der Waals surface area contributed by atoms with Crippen LogP contribution in [-0.2, 0) is 17.8 Å². The molecule has 0 bridgehead atoms. The zero-order valence-electron chi connectivity index (χ0n) is 12.6. The number of ether oxygens (including phenoxy) is 1. The number of hydrogen-bond donors (Lipinski definition) is 1. The van der Waals surface area contributed by atoms with Crippen LogP contribution >= 0.6 is 11.3 Å². The molecule has 0 spiro atoms. The van der Waals surface area contributed by atoms with Gasteiger partial charge in [0.25, 0.3) is 0 Å². The summed E-state index contributed by atoms with van der Waals surface area (Å²) in [6.45, 7) is 0.351. The van der Waals surface area contributed by atoms with Gasteiger partial charge in [0, 0.05) is 16.5 Å². The summed E-state index contributed by atoms with van der Waals surface area (Å²) >= 11 is 1.57. The van der Waals surface area contributed by atoms with Crippen molar-refractivity contribution < 1.29 is 14.1 Å². The van der Waals surface area contributed by atoms with Gasteiger partial charge in [0.15, 0.2) is 5.76 Å². The van der Waals surface area contributed by atoms with Crippen LogP contribution in [-0.4, -0.2) is 18.2 Å². The first-order valence-corrected chi connectivity index (χ1v) is 8.01. The number of nitrogens with zero attached hydrogens (tertiary/aromatic N) is 1. The third-order valence-corrected chi connectivity index (χ3v) is 4.19. The Labute approximate surface area is 137 Å². The van der Waals surface area contributed by atoms with E-state index in [2.05, 4.69) is 10.5 Å². The third kappa shape index (κ3) is 3.98. The number of rotatable bonds is 6. The molecule has 0 radical (unpaired) electrons. The summed E-state index contributed by atoms with van der Waals surface area (Å²) < 4.78 is 10.4. The molecule has 2 heterocycles. The Hall–Kier alpha value is -2.60. The van der Waals surface area contributed by atoms with Crippen LogP contribution in [0.3, 0.4) is 0 Å². The first-order valence-electron chi connectivity index (χ1n) is 7.13. The van der Waals surface area contributed by atoms with Crippen LogP contribution in [0.4, 0.5) is 0 Å². The number of carbonyl (C=O) groups excluding carboxylic acids is 1. The van der Waals surface area contributed by atoms with E-state index in [-0.39, 0.29) is 5.91 Å². The molecule has 2 aromatic heterocycles. The van der Waals surface area contributed by atoms with Gasteiger partial charge in [0.1, 0.15) is 11.4 Å².